The number of nitrogens with one attached hydrogen (secondary N) is 1. The first-order valence-corrected chi connectivity index (χ1v) is 5.70. The summed E-state index contributed by atoms with van der Waals surface area (Å²) in [6.07, 6.45) is 1.89. The number of aromatic carboxylic acids is 1. The maximum Gasteiger partial charge on any atom is 0.337 e. The molecule has 6 heteroatoms. The number of carboxylic acid groups (broad SMARTS) is 1. The van der Waals surface area contributed by atoms with Gasteiger partial charge in [0.15, 0.2) is 0 Å². The molecule has 1 aromatic rings. The van der Waals surface area contributed by atoms with Gasteiger partial charge in [-0.15, -0.1) is 0 Å². The van der Waals surface area contributed by atoms with E-state index in [2.05, 4.69) is 10.3 Å². The smallest absolute Gasteiger partial charge is 0.337 e. The summed E-state index contributed by atoms with van der Waals surface area (Å²) < 4.78 is 5.13. The SMILES string of the molecule is CCOCCCNC(=O)c1ccc(C(=O)O)cn1. The van der Waals surface area contributed by atoms with E-state index in [1.807, 2.05) is 6.92 Å². The molecule has 0 saturated carbocycles. The molecule has 1 heterocycles. The molecule has 2 N–H and O–H groups in total. The molecule has 0 fully saturated rings. The van der Waals surface area contributed by atoms with E-state index >= 15 is 0 Å². The zero-order valence-electron chi connectivity index (χ0n) is 10.2. The first kappa shape index (κ1) is 14.1. The zero-order chi connectivity index (χ0) is 13.4. The number of amides is 1. The van der Waals surface area contributed by atoms with Gasteiger partial charge >= 0.3 is 5.97 Å². The maximum absolute atomic E-state index is 11.6. The van der Waals surface area contributed by atoms with Crippen LogP contribution in [0.25, 0.3) is 0 Å². The van der Waals surface area contributed by atoms with Crippen molar-refractivity contribution in [2.45, 2.75) is 13.3 Å². The normalized spacial score (nSPS) is 10.1. The molecule has 0 aromatic carbocycles. The average molecular weight is 252 g/mol. The van der Waals surface area contributed by atoms with Crippen molar-refractivity contribution in [2.24, 2.45) is 0 Å². The summed E-state index contributed by atoms with van der Waals surface area (Å²) in [6.45, 7) is 3.67. The van der Waals surface area contributed by atoms with Crippen LogP contribution in [0, 0.1) is 0 Å². The number of rotatable bonds is 7. The molecule has 0 radical (unpaired) electrons. The van der Waals surface area contributed by atoms with Crippen LogP contribution in [0.3, 0.4) is 0 Å². The molecule has 0 atom stereocenters. The highest BCUT2D eigenvalue weighted by Crippen LogP contribution is 2.00. The number of nitrogens with zero attached hydrogens (tertiary/aromatic N) is 1. The fraction of sp³-hybridized carbons (Fsp3) is 0.417. The number of carbonyl (C=O) groups is 2. The molecule has 0 spiro atoms. The van der Waals surface area contributed by atoms with Crippen LogP contribution >= 0.6 is 0 Å². The van der Waals surface area contributed by atoms with Gasteiger partial charge in [0, 0.05) is 26.0 Å². The predicted octanol–water partition coefficient (Wildman–Crippen LogP) is 0.936. The monoisotopic (exact) mass is 252 g/mol. The quantitative estimate of drug-likeness (QED) is 0.705. The highest BCUT2D eigenvalue weighted by Gasteiger charge is 2.08. The van der Waals surface area contributed by atoms with E-state index in [4.69, 9.17) is 9.84 Å². The molecule has 98 valence electrons. The van der Waals surface area contributed by atoms with Crippen LogP contribution in [0.5, 0.6) is 0 Å². The second kappa shape index (κ2) is 7.39. The minimum Gasteiger partial charge on any atom is -0.478 e. The predicted molar refractivity (Wildman–Crippen MR) is 64.6 cm³/mol. The molecule has 0 saturated heterocycles. The Kier molecular flexibility index (Phi) is 5.79. The zero-order valence-corrected chi connectivity index (χ0v) is 10.2. The molecular formula is C12H16N2O4. The third-order valence-corrected chi connectivity index (χ3v) is 2.20. The van der Waals surface area contributed by atoms with Gasteiger partial charge in [0.05, 0.1) is 5.56 Å². The molecule has 1 amide bonds. The Morgan fingerprint density at radius 2 is 2.22 bits per heavy atom. The van der Waals surface area contributed by atoms with Crippen LogP contribution in [-0.2, 0) is 4.74 Å². The van der Waals surface area contributed by atoms with E-state index in [1.54, 1.807) is 0 Å². The number of hydrogen-bond donors (Lipinski definition) is 2. The van der Waals surface area contributed by atoms with Crippen molar-refractivity contribution in [3.05, 3.63) is 29.6 Å². The summed E-state index contributed by atoms with van der Waals surface area (Å²) >= 11 is 0. The number of hydrogen-bond acceptors (Lipinski definition) is 4. The largest absolute Gasteiger partial charge is 0.478 e. The van der Waals surface area contributed by atoms with Gasteiger partial charge in [0.25, 0.3) is 5.91 Å². The summed E-state index contributed by atoms with van der Waals surface area (Å²) in [5, 5.41) is 11.4. The Morgan fingerprint density at radius 3 is 2.78 bits per heavy atom. The first-order valence-electron chi connectivity index (χ1n) is 5.70. The molecule has 0 bridgehead atoms. The summed E-state index contributed by atoms with van der Waals surface area (Å²) in [5.74, 6) is -1.38. The summed E-state index contributed by atoms with van der Waals surface area (Å²) in [7, 11) is 0. The Hall–Kier alpha value is -1.95. The average Bonchev–Trinajstić information content (AvgIpc) is 2.38. The first-order chi connectivity index (χ1) is 8.65. The van der Waals surface area contributed by atoms with E-state index in [0.29, 0.717) is 19.8 Å². The molecule has 0 aliphatic carbocycles. The fourth-order valence-electron chi connectivity index (χ4n) is 1.27. The van der Waals surface area contributed by atoms with Gasteiger partial charge in [-0.1, -0.05) is 0 Å². The van der Waals surface area contributed by atoms with Crippen LogP contribution in [0.4, 0.5) is 0 Å². The molecule has 1 aromatic heterocycles. The minimum atomic E-state index is -1.06. The van der Waals surface area contributed by atoms with Crippen LogP contribution in [0.2, 0.25) is 0 Å². The topological polar surface area (TPSA) is 88.5 Å². The standard InChI is InChI=1S/C12H16N2O4/c1-2-18-7-3-6-13-11(15)10-5-4-9(8-14-10)12(16)17/h4-5,8H,2-3,6-7H2,1H3,(H,13,15)(H,16,17). The summed E-state index contributed by atoms with van der Waals surface area (Å²) in [4.78, 5) is 26.0. The molecule has 0 aliphatic rings. The number of carboxylic acids is 1. The van der Waals surface area contributed by atoms with Crippen LogP contribution in [0.1, 0.15) is 34.2 Å². The second-order valence-corrected chi connectivity index (χ2v) is 3.54. The molecule has 0 aliphatic heterocycles. The minimum absolute atomic E-state index is 0.0582. The number of aromatic nitrogens is 1. The van der Waals surface area contributed by atoms with Crippen molar-refractivity contribution >= 4 is 11.9 Å². The Balaban J connectivity index is 2.39. The van der Waals surface area contributed by atoms with Crippen molar-refractivity contribution in [3.63, 3.8) is 0 Å². The van der Waals surface area contributed by atoms with Crippen LogP contribution in [-0.4, -0.2) is 41.7 Å². The van der Waals surface area contributed by atoms with Crippen molar-refractivity contribution in [2.75, 3.05) is 19.8 Å². The Morgan fingerprint density at radius 1 is 1.44 bits per heavy atom. The molecule has 18 heavy (non-hydrogen) atoms. The highest BCUT2D eigenvalue weighted by molar-refractivity contribution is 5.93. The van der Waals surface area contributed by atoms with Gasteiger partial charge in [-0.3, -0.25) is 9.78 Å². The summed E-state index contributed by atoms with van der Waals surface area (Å²) in [5.41, 5.74) is 0.263. The van der Waals surface area contributed by atoms with Crippen molar-refractivity contribution in [3.8, 4) is 0 Å². The molecule has 0 unspecified atom stereocenters. The number of pyridine rings is 1. The van der Waals surface area contributed by atoms with Gasteiger partial charge in [-0.05, 0) is 25.5 Å². The van der Waals surface area contributed by atoms with Crippen LogP contribution < -0.4 is 5.32 Å². The van der Waals surface area contributed by atoms with E-state index < -0.39 is 5.97 Å². The van der Waals surface area contributed by atoms with E-state index in [0.717, 1.165) is 12.6 Å². The van der Waals surface area contributed by atoms with E-state index in [9.17, 15) is 9.59 Å². The summed E-state index contributed by atoms with van der Waals surface area (Å²) in [6, 6.07) is 2.74. The Labute approximate surface area is 105 Å². The molecule has 6 nitrogen and oxygen atoms in total. The van der Waals surface area contributed by atoms with Gasteiger partial charge in [0.1, 0.15) is 5.69 Å². The number of carbonyl (C=O) groups excluding carboxylic acids is 1. The van der Waals surface area contributed by atoms with Gasteiger partial charge in [-0.2, -0.15) is 0 Å². The van der Waals surface area contributed by atoms with Gasteiger partial charge < -0.3 is 15.2 Å². The van der Waals surface area contributed by atoms with Crippen LogP contribution in [0.15, 0.2) is 18.3 Å². The Bertz CT molecular complexity index is 403. The molecule has 1 rings (SSSR count). The van der Waals surface area contributed by atoms with Crippen molar-refractivity contribution < 1.29 is 19.4 Å². The van der Waals surface area contributed by atoms with E-state index in [1.165, 1.54) is 12.1 Å². The number of ether oxygens (including phenoxy) is 1. The lowest BCUT2D eigenvalue weighted by Crippen LogP contribution is -2.26. The fourth-order valence-corrected chi connectivity index (χ4v) is 1.27. The third-order valence-electron chi connectivity index (χ3n) is 2.20. The lowest BCUT2D eigenvalue weighted by Gasteiger charge is -2.04. The lowest BCUT2D eigenvalue weighted by molar-refractivity contribution is 0.0695. The van der Waals surface area contributed by atoms with Gasteiger partial charge in [-0.25, -0.2) is 4.79 Å². The van der Waals surface area contributed by atoms with E-state index in [-0.39, 0.29) is 17.2 Å². The molecular weight excluding hydrogens is 236 g/mol. The van der Waals surface area contributed by atoms with Crippen molar-refractivity contribution in [1.29, 1.82) is 0 Å². The van der Waals surface area contributed by atoms with Crippen molar-refractivity contribution in [1.82, 2.24) is 10.3 Å². The highest BCUT2D eigenvalue weighted by atomic mass is 16.5. The lowest BCUT2D eigenvalue weighted by atomic mass is 10.2. The third kappa shape index (κ3) is 4.50. The second-order valence-electron chi connectivity index (χ2n) is 3.54. The van der Waals surface area contributed by atoms with Gasteiger partial charge in [0.2, 0.25) is 0 Å². The maximum atomic E-state index is 11.6.